The third-order valence-electron chi connectivity index (χ3n) is 3.25. The van der Waals surface area contributed by atoms with E-state index in [1.54, 1.807) is 18.3 Å². The number of halogens is 1. The van der Waals surface area contributed by atoms with Gasteiger partial charge in [0.05, 0.1) is 11.6 Å². The van der Waals surface area contributed by atoms with Gasteiger partial charge in [-0.25, -0.2) is 4.98 Å². The predicted molar refractivity (Wildman–Crippen MR) is 77.7 cm³/mol. The highest BCUT2D eigenvalue weighted by Crippen LogP contribution is 2.34. The minimum Gasteiger partial charge on any atom is -0.454 e. The molecular formula is C15H13ClN2O3. The van der Waals surface area contributed by atoms with Crippen LogP contribution >= 0.6 is 11.6 Å². The van der Waals surface area contributed by atoms with Crippen molar-refractivity contribution in [2.24, 2.45) is 0 Å². The number of benzene rings is 1. The molecule has 1 atom stereocenters. The molecule has 0 radical (unpaired) electrons. The molecule has 5 nitrogen and oxygen atoms in total. The van der Waals surface area contributed by atoms with E-state index >= 15 is 0 Å². The van der Waals surface area contributed by atoms with Crippen LogP contribution in [0.4, 0.5) is 0 Å². The summed E-state index contributed by atoms with van der Waals surface area (Å²) >= 11 is 5.92. The maximum absolute atomic E-state index is 12.2. The Balaban J connectivity index is 1.76. The molecule has 2 heterocycles. The standard InChI is InChI=1S/C15H13ClN2O3/c1-9(10-4-5-12-13(7-10)21-8-20-12)18-15(19)11-3-2-6-17-14(11)16/h2-7,9H,8H2,1H3,(H,18,19). The first-order chi connectivity index (χ1) is 10.1. The second-order valence-corrected chi connectivity index (χ2v) is 5.01. The number of hydrogen-bond acceptors (Lipinski definition) is 4. The molecule has 1 unspecified atom stereocenters. The van der Waals surface area contributed by atoms with Gasteiger partial charge in [0.1, 0.15) is 5.15 Å². The monoisotopic (exact) mass is 304 g/mol. The van der Waals surface area contributed by atoms with Crippen molar-refractivity contribution >= 4 is 17.5 Å². The Morgan fingerprint density at radius 3 is 2.95 bits per heavy atom. The van der Waals surface area contributed by atoms with Gasteiger partial charge < -0.3 is 14.8 Å². The molecule has 1 aliphatic rings. The summed E-state index contributed by atoms with van der Waals surface area (Å²) in [7, 11) is 0. The molecule has 1 aromatic carbocycles. The number of hydrogen-bond donors (Lipinski definition) is 1. The maximum Gasteiger partial charge on any atom is 0.254 e. The zero-order chi connectivity index (χ0) is 14.8. The third kappa shape index (κ3) is 2.78. The Morgan fingerprint density at radius 1 is 1.33 bits per heavy atom. The summed E-state index contributed by atoms with van der Waals surface area (Å²) in [6, 6.07) is 8.70. The van der Waals surface area contributed by atoms with E-state index in [4.69, 9.17) is 21.1 Å². The third-order valence-corrected chi connectivity index (χ3v) is 3.55. The molecule has 6 heteroatoms. The average Bonchev–Trinajstić information content (AvgIpc) is 2.94. The highest BCUT2D eigenvalue weighted by molar-refractivity contribution is 6.32. The highest BCUT2D eigenvalue weighted by Gasteiger charge is 2.18. The van der Waals surface area contributed by atoms with E-state index in [2.05, 4.69) is 10.3 Å². The van der Waals surface area contributed by atoms with Crippen LogP contribution in [-0.4, -0.2) is 17.7 Å². The molecule has 0 fully saturated rings. The van der Waals surface area contributed by atoms with Crippen LogP contribution in [0.25, 0.3) is 0 Å². The van der Waals surface area contributed by atoms with E-state index in [9.17, 15) is 4.79 Å². The lowest BCUT2D eigenvalue weighted by molar-refractivity contribution is 0.0939. The molecule has 1 aliphatic heterocycles. The summed E-state index contributed by atoms with van der Waals surface area (Å²) in [5.41, 5.74) is 1.28. The van der Waals surface area contributed by atoms with Gasteiger partial charge >= 0.3 is 0 Å². The van der Waals surface area contributed by atoms with Crippen molar-refractivity contribution in [1.29, 1.82) is 0 Å². The fourth-order valence-corrected chi connectivity index (χ4v) is 2.30. The van der Waals surface area contributed by atoms with E-state index < -0.39 is 0 Å². The lowest BCUT2D eigenvalue weighted by Gasteiger charge is -2.15. The lowest BCUT2D eigenvalue weighted by Crippen LogP contribution is -2.27. The molecule has 0 saturated heterocycles. The zero-order valence-electron chi connectivity index (χ0n) is 11.3. The van der Waals surface area contributed by atoms with Crippen molar-refractivity contribution in [2.75, 3.05) is 6.79 Å². The van der Waals surface area contributed by atoms with Gasteiger partial charge in [-0.05, 0) is 36.8 Å². The molecule has 2 aromatic rings. The zero-order valence-corrected chi connectivity index (χ0v) is 12.1. The summed E-state index contributed by atoms with van der Waals surface area (Å²) in [6.45, 7) is 2.12. The van der Waals surface area contributed by atoms with Crippen LogP contribution in [0.1, 0.15) is 28.9 Å². The number of amides is 1. The van der Waals surface area contributed by atoms with E-state index in [-0.39, 0.29) is 23.9 Å². The van der Waals surface area contributed by atoms with Gasteiger partial charge in [-0.1, -0.05) is 17.7 Å². The number of fused-ring (bicyclic) bond motifs is 1. The Hall–Kier alpha value is -2.27. The van der Waals surface area contributed by atoms with Crippen LogP contribution in [0, 0.1) is 0 Å². The Labute approximate surface area is 126 Å². The maximum atomic E-state index is 12.2. The molecule has 0 aliphatic carbocycles. The minimum atomic E-state index is -0.265. The summed E-state index contributed by atoms with van der Waals surface area (Å²) in [4.78, 5) is 16.1. The van der Waals surface area contributed by atoms with Crippen molar-refractivity contribution in [1.82, 2.24) is 10.3 Å². The van der Waals surface area contributed by atoms with E-state index in [0.717, 1.165) is 5.56 Å². The summed E-state index contributed by atoms with van der Waals surface area (Å²) in [5, 5.41) is 3.07. The number of carbonyl (C=O) groups excluding carboxylic acids is 1. The van der Waals surface area contributed by atoms with Crippen LogP contribution in [-0.2, 0) is 0 Å². The molecule has 1 aromatic heterocycles. The first-order valence-electron chi connectivity index (χ1n) is 6.46. The largest absolute Gasteiger partial charge is 0.454 e. The fourth-order valence-electron chi connectivity index (χ4n) is 2.10. The second-order valence-electron chi connectivity index (χ2n) is 4.65. The number of ether oxygens (including phenoxy) is 2. The Kier molecular flexibility index (Phi) is 3.66. The number of nitrogens with zero attached hydrogens (tertiary/aromatic N) is 1. The van der Waals surface area contributed by atoms with Crippen LogP contribution < -0.4 is 14.8 Å². The Bertz CT molecular complexity index is 690. The van der Waals surface area contributed by atoms with Gasteiger partial charge in [0, 0.05) is 6.20 Å². The molecule has 1 N–H and O–H groups in total. The number of pyridine rings is 1. The van der Waals surface area contributed by atoms with E-state index in [0.29, 0.717) is 17.1 Å². The van der Waals surface area contributed by atoms with Crippen molar-refractivity contribution in [2.45, 2.75) is 13.0 Å². The minimum absolute atomic E-state index is 0.188. The first kappa shape index (κ1) is 13.7. The molecule has 0 spiro atoms. The fraction of sp³-hybridized carbons (Fsp3) is 0.200. The molecule has 108 valence electrons. The number of rotatable bonds is 3. The topological polar surface area (TPSA) is 60.5 Å². The molecule has 0 saturated carbocycles. The number of nitrogens with one attached hydrogen (secondary N) is 1. The summed E-state index contributed by atoms with van der Waals surface area (Å²) < 4.78 is 10.6. The average molecular weight is 305 g/mol. The smallest absolute Gasteiger partial charge is 0.254 e. The molecule has 21 heavy (non-hydrogen) atoms. The van der Waals surface area contributed by atoms with Crippen LogP contribution in [0.2, 0.25) is 5.15 Å². The van der Waals surface area contributed by atoms with Gasteiger partial charge in [-0.3, -0.25) is 4.79 Å². The first-order valence-corrected chi connectivity index (χ1v) is 6.84. The normalized spacial score (nSPS) is 13.8. The van der Waals surface area contributed by atoms with Crippen molar-refractivity contribution in [3.05, 3.63) is 52.8 Å². The molecule has 1 amide bonds. The quantitative estimate of drug-likeness (QED) is 0.886. The molecular weight excluding hydrogens is 292 g/mol. The van der Waals surface area contributed by atoms with Gasteiger partial charge in [-0.15, -0.1) is 0 Å². The highest BCUT2D eigenvalue weighted by atomic mass is 35.5. The Morgan fingerprint density at radius 2 is 2.14 bits per heavy atom. The van der Waals surface area contributed by atoms with Crippen LogP contribution in [0.15, 0.2) is 36.5 Å². The van der Waals surface area contributed by atoms with Gasteiger partial charge in [0.25, 0.3) is 5.91 Å². The number of aromatic nitrogens is 1. The van der Waals surface area contributed by atoms with Gasteiger partial charge in [-0.2, -0.15) is 0 Å². The van der Waals surface area contributed by atoms with Crippen molar-refractivity contribution in [3.63, 3.8) is 0 Å². The van der Waals surface area contributed by atoms with Gasteiger partial charge in [0.2, 0.25) is 6.79 Å². The van der Waals surface area contributed by atoms with Crippen LogP contribution in [0.3, 0.4) is 0 Å². The van der Waals surface area contributed by atoms with Crippen molar-refractivity contribution in [3.8, 4) is 11.5 Å². The lowest BCUT2D eigenvalue weighted by atomic mass is 10.1. The predicted octanol–water partition coefficient (Wildman–Crippen LogP) is 2.95. The van der Waals surface area contributed by atoms with E-state index in [1.165, 1.54) is 0 Å². The summed E-state index contributed by atoms with van der Waals surface area (Å²) in [6.07, 6.45) is 1.54. The van der Waals surface area contributed by atoms with Crippen molar-refractivity contribution < 1.29 is 14.3 Å². The SMILES string of the molecule is CC(NC(=O)c1cccnc1Cl)c1ccc2c(c1)OCO2. The van der Waals surface area contributed by atoms with Crippen LogP contribution in [0.5, 0.6) is 11.5 Å². The number of carbonyl (C=O) groups is 1. The summed E-state index contributed by atoms with van der Waals surface area (Å²) in [5.74, 6) is 1.14. The van der Waals surface area contributed by atoms with Gasteiger partial charge in [0.15, 0.2) is 11.5 Å². The van der Waals surface area contributed by atoms with E-state index in [1.807, 2.05) is 25.1 Å². The second kappa shape index (κ2) is 5.61. The molecule has 3 rings (SSSR count). The molecule has 0 bridgehead atoms.